The second-order valence-corrected chi connectivity index (χ2v) is 8.48. The van der Waals surface area contributed by atoms with E-state index in [2.05, 4.69) is 5.32 Å². The number of rotatable bonds is 10. The van der Waals surface area contributed by atoms with Crippen LogP contribution in [-0.2, 0) is 21.9 Å². The summed E-state index contributed by atoms with van der Waals surface area (Å²) in [6.07, 6.45) is 0.837. The predicted octanol–water partition coefficient (Wildman–Crippen LogP) is 4.91. The monoisotopic (exact) mass is 432 g/mol. The minimum atomic E-state index is -0.579. The van der Waals surface area contributed by atoms with Crippen molar-refractivity contribution in [3.05, 3.63) is 70.7 Å². The number of nitrogens with zero attached hydrogens (tertiary/aromatic N) is 1. The summed E-state index contributed by atoms with van der Waals surface area (Å²) >= 11 is 7.85. The molecule has 0 bridgehead atoms. The first-order chi connectivity index (χ1) is 13.9. The molecule has 0 saturated heterocycles. The molecule has 2 aromatic rings. The van der Waals surface area contributed by atoms with Crippen molar-refractivity contribution in [3.8, 4) is 0 Å². The highest BCUT2D eigenvalue weighted by Crippen LogP contribution is 2.20. The summed E-state index contributed by atoms with van der Waals surface area (Å²) < 4.78 is 0. The maximum atomic E-state index is 13.0. The van der Waals surface area contributed by atoms with Gasteiger partial charge in [0.2, 0.25) is 11.8 Å². The third-order valence-corrected chi connectivity index (χ3v) is 6.16. The fourth-order valence-electron chi connectivity index (χ4n) is 2.77. The average molecular weight is 433 g/mol. The van der Waals surface area contributed by atoms with Crippen LogP contribution in [0.15, 0.2) is 54.6 Å². The summed E-state index contributed by atoms with van der Waals surface area (Å²) in [5, 5.41) is 3.57. The summed E-state index contributed by atoms with van der Waals surface area (Å²) in [6.45, 7) is 6.05. The Labute approximate surface area is 183 Å². The second-order valence-electron chi connectivity index (χ2n) is 7.09. The quantitative estimate of drug-likeness (QED) is 0.580. The van der Waals surface area contributed by atoms with Crippen LogP contribution in [0.4, 0.5) is 0 Å². The highest BCUT2D eigenvalue weighted by atomic mass is 35.5. The van der Waals surface area contributed by atoms with Crippen LogP contribution in [0.3, 0.4) is 0 Å². The molecule has 0 radical (unpaired) electrons. The summed E-state index contributed by atoms with van der Waals surface area (Å²) in [4.78, 5) is 27.3. The lowest BCUT2D eigenvalue weighted by atomic mass is 10.1. The first kappa shape index (κ1) is 23.3. The molecule has 1 N–H and O–H groups in total. The van der Waals surface area contributed by atoms with E-state index in [9.17, 15) is 9.59 Å². The van der Waals surface area contributed by atoms with Crippen molar-refractivity contribution in [1.29, 1.82) is 0 Å². The Morgan fingerprint density at radius 2 is 1.72 bits per heavy atom. The van der Waals surface area contributed by atoms with E-state index >= 15 is 0 Å². The van der Waals surface area contributed by atoms with E-state index < -0.39 is 6.04 Å². The van der Waals surface area contributed by atoms with E-state index in [1.165, 1.54) is 5.56 Å². The van der Waals surface area contributed by atoms with Crippen LogP contribution in [0.25, 0.3) is 0 Å². The Balaban J connectivity index is 2.08. The van der Waals surface area contributed by atoms with Crippen LogP contribution in [0, 0.1) is 0 Å². The van der Waals surface area contributed by atoms with Crippen molar-refractivity contribution in [3.63, 3.8) is 0 Å². The van der Waals surface area contributed by atoms with E-state index in [4.69, 9.17) is 11.6 Å². The molecule has 0 heterocycles. The number of benzene rings is 2. The molecule has 0 unspecified atom stereocenters. The zero-order valence-corrected chi connectivity index (χ0v) is 18.8. The first-order valence-electron chi connectivity index (χ1n) is 9.87. The van der Waals surface area contributed by atoms with Crippen molar-refractivity contribution < 1.29 is 9.59 Å². The van der Waals surface area contributed by atoms with Gasteiger partial charge in [-0.25, -0.2) is 0 Å². The molecule has 29 heavy (non-hydrogen) atoms. The first-order valence-corrected chi connectivity index (χ1v) is 11.4. The van der Waals surface area contributed by atoms with Crippen molar-refractivity contribution in [2.75, 3.05) is 5.75 Å². The Bertz CT molecular complexity index is 800. The van der Waals surface area contributed by atoms with E-state index in [0.717, 1.165) is 17.7 Å². The SMILES string of the molecule is CC[C@@H](C)NC(=O)[C@H](C)N(Cc1ccccc1Cl)C(=O)CSCc1ccccc1. The molecule has 156 valence electrons. The maximum Gasteiger partial charge on any atom is 0.242 e. The lowest BCUT2D eigenvalue weighted by Crippen LogP contribution is -2.50. The minimum absolute atomic E-state index is 0.0645. The van der Waals surface area contributed by atoms with Gasteiger partial charge in [-0.1, -0.05) is 67.1 Å². The van der Waals surface area contributed by atoms with Gasteiger partial charge in [-0.15, -0.1) is 11.8 Å². The van der Waals surface area contributed by atoms with Gasteiger partial charge in [0, 0.05) is 23.4 Å². The van der Waals surface area contributed by atoms with Crippen LogP contribution < -0.4 is 5.32 Å². The van der Waals surface area contributed by atoms with E-state index in [0.29, 0.717) is 17.3 Å². The molecule has 0 spiro atoms. The van der Waals surface area contributed by atoms with Crippen molar-refractivity contribution >= 4 is 35.2 Å². The van der Waals surface area contributed by atoms with E-state index in [-0.39, 0.29) is 17.9 Å². The number of thioether (sulfide) groups is 1. The minimum Gasteiger partial charge on any atom is -0.352 e. The van der Waals surface area contributed by atoms with Gasteiger partial charge in [0.05, 0.1) is 5.75 Å². The zero-order chi connectivity index (χ0) is 21.2. The molecule has 0 aliphatic carbocycles. The van der Waals surface area contributed by atoms with Gasteiger partial charge in [-0.3, -0.25) is 9.59 Å². The van der Waals surface area contributed by atoms with Crippen LogP contribution in [-0.4, -0.2) is 34.6 Å². The van der Waals surface area contributed by atoms with Crippen LogP contribution in [0.1, 0.15) is 38.3 Å². The number of hydrogen-bond acceptors (Lipinski definition) is 3. The summed E-state index contributed by atoms with van der Waals surface area (Å²) in [5.41, 5.74) is 2.00. The molecule has 2 amide bonds. The van der Waals surface area contributed by atoms with Gasteiger partial charge in [-0.2, -0.15) is 0 Å². The van der Waals surface area contributed by atoms with Crippen LogP contribution in [0.5, 0.6) is 0 Å². The fourth-order valence-corrected chi connectivity index (χ4v) is 3.84. The van der Waals surface area contributed by atoms with Crippen molar-refractivity contribution in [1.82, 2.24) is 10.2 Å². The van der Waals surface area contributed by atoms with Gasteiger partial charge in [-0.05, 0) is 37.5 Å². The number of halogens is 1. The second kappa shape index (κ2) is 11.9. The Hall–Kier alpha value is -1.98. The average Bonchev–Trinajstić information content (AvgIpc) is 2.73. The van der Waals surface area contributed by atoms with E-state index in [1.807, 2.05) is 62.4 Å². The summed E-state index contributed by atoms with van der Waals surface area (Å²) in [6, 6.07) is 17.0. The largest absolute Gasteiger partial charge is 0.352 e. The van der Waals surface area contributed by atoms with Gasteiger partial charge >= 0.3 is 0 Å². The molecule has 0 aromatic heterocycles. The predicted molar refractivity (Wildman–Crippen MR) is 122 cm³/mol. The molecular formula is C23H29ClN2O2S. The molecule has 2 aromatic carbocycles. The maximum absolute atomic E-state index is 13.0. The molecule has 6 heteroatoms. The normalized spacial score (nSPS) is 12.8. The molecule has 0 fully saturated rings. The lowest BCUT2D eigenvalue weighted by Gasteiger charge is -2.30. The van der Waals surface area contributed by atoms with Crippen LogP contribution in [0.2, 0.25) is 5.02 Å². The third kappa shape index (κ3) is 7.41. The van der Waals surface area contributed by atoms with E-state index in [1.54, 1.807) is 29.7 Å². The topological polar surface area (TPSA) is 49.4 Å². The summed E-state index contributed by atoms with van der Waals surface area (Å²) in [5.74, 6) is 0.839. The van der Waals surface area contributed by atoms with Gasteiger partial charge in [0.1, 0.15) is 6.04 Å². The molecule has 0 aliphatic heterocycles. The number of amides is 2. The Kier molecular flexibility index (Phi) is 9.55. The fraction of sp³-hybridized carbons (Fsp3) is 0.391. The molecule has 2 rings (SSSR count). The van der Waals surface area contributed by atoms with Gasteiger partial charge in [0.15, 0.2) is 0 Å². The standard InChI is InChI=1S/C23H29ClN2O2S/c1-4-17(2)25-23(28)18(3)26(14-20-12-8-9-13-21(20)24)22(27)16-29-15-19-10-6-5-7-11-19/h5-13,17-18H,4,14-16H2,1-3H3,(H,25,28)/t17-,18+/m1/s1. The molecular weight excluding hydrogens is 404 g/mol. The number of hydrogen-bond donors (Lipinski definition) is 1. The number of carbonyl (C=O) groups excluding carboxylic acids is 2. The lowest BCUT2D eigenvalue weighted by molar-refractivity contribution is -0.138. The van der Waals surface area contributed by atoms with Crippen molar-refractivity contribution in [2.45, 2.75) is 51.6 Å². The Morgan fingerprint density at radius 1 is 1.07 bits per heavy atom. The highest BCUT2D eigenvalue weighted by molar-refractivity contribution is 7.99. The third-order valence-electron chi connectivity index (χ3n) is 4.80. The smallest absolute Gasteiger partial charge is 0.242 e. The molecule has 2 atom stereocenters. The van der Waals surface area contributed by atoms with Crippen LogP contribution >= 0.6 is 23.4 Å². The molecule has 0 aliphatic rings. The number of nitrogens with one attached hydrogen (secondary N) is 1. The van der Waals surface area contributed by atoms with Crippen molar-refractivity contribution in [2.24, 2.45) is 0 Å². The molecule has 4 nitrogen and oxygen atoms in total. The summed E-state index contributed by atoms with van der Waals surface area (Å²) in [7, 11) is 0. The van der Waals surface area contributed by atoms with Gasteiger partial charge in [0.25, 0.3) is 0 Å². The van der Waals surface area contributed by atoms with Gasteiger partial charge < -0.3 is 10.2 Å². The zero-order valence-electron chi connectivity index (χ0n) is 17.2. The highest BCUT2D eigenvalue weighted by Gasteiger charge is 2.27. The Morgan fingerprint density at radius 3 is 2.38 bits per heavy atom. The number of carbonyl (C=O) groups is 2. The molecule has 0 saturated carbocycles.